The zero-order valence-corrected chi connectivity index (χ0v) is 7.51. The molecule has 0 nitrogen and oxygen atoms in total. The molecule has 0 aromatic heterocycles. The van der Waals surface area contributed by atoms with Crippen LogP contribution in [0.25, 0.3) is 0 Å². The Labute approximate surface area is 73.5 Å². The van der Waals surface area contributed by atoms with Crippen LogP contribution in [0.3, 0.4) is 0 Å². The second-order valence-electron chi connectivity index (χ2n) is 1.70. The van der Waals surface area contributed by atoms with Gasteiger partial charge in [0.05, 0.1) is 10.8 Å². The van der Waals surface area contributed by atoms with E-state index in [1.807, 2.05) is 11.5 Å². The highest BCUT2D eigenvalue weighted by Gasteiger charge is 2.25. The number of allylic oxidation sites excluding steroid dienone is 1. The molecule has 0 N–H and O–H groups in total. The highest BCUT2D eigenvalue weighted by atomic mass is 35.5. The number of rotatable bonds is 0. The molecule has 0 saturated carbocycles. The van der Waals surface area contributed by atoms with Crippen molar-refractivity contribution < 1.29 is 0 Å². The molecule has 1 aliphatic heterocycles. The Morgan fingerprint density at radius 3 is 2.33 bits per heavy atom. The van der Waals surface area contributed by atoms with Crippen molar-refractivity contribution in [3.8, 4) is 0 Å². The standard InChI is InChI=1S/C5H5Cl3S/c6-3-1-2-9-5(8)4(3)7/h1-5H. The van der Waals surface area contributed by atoms with E-state index in [1.165, 1.54) is 11.8 Å². The first kappa shape index (κ1) is 8.06. The number of hydrogen-bond donors (Lipinski definition) is 0. The Morgan fingerprint density at radius 2 is 1.89 bits per heavy atom. The summed E-state index contributed by atoms with van der Waals surface area (Å²) >= 11 is 18.8. The van der Waals surface area contributed by atoms with Crippen LogP contribution < -0.4 is 0 Å². The number of hydrogen-bond acceptors (Lipinski definition) is 1. The van der Waals surface area contributed by atoms with E-state index in [2.05, 4.69) is 0 Å². The fraction of sp³-hybridized carbons (Fsp3) is 0.600. The summed E-state index contributed by atoms with van der Waals surface area (Å²) in [6.07, 6.45) is 1.85. The molecular weight excluding hydrogens is 198 g/mol. The van der Waals surface area contributed by atoms with Gasteiger partial charge in [-0.2, -0.15) is 0 Å². The number of thioether (sulfide) groups is 1. The Bertz CT molecular complexity index is 125. The van der Waals surface area contributed by atoms with Crippen LogP contribution in [0.4, 0.5) is 0 Å². The molecule has 3 unspecified atom stereocenters. The first-order valence-electron chi connectivity index (χ1n) is 2.46. The van der Waals surface area contributed by atoms with E-state index >= 15 is 0 Å². The average Bonchev–Trinajstić information content (AvgIpc) is 1.83. The van der Waals surface area contributed by atoms with Crippen molar-refractivity contribution in [2.75, 3.05) is 0 Å². The Hall–Kier alpha value is 0.960. The molecule has 0 saturated heterocycles. The van der Waals surface area contributed by atoms with Crippen molar-refractivity contribution in [2.24, 2.45) is 0 Å². The molecule has 0 aromatic rings. The first-order valence-corrected chi connectivity index (χ1v) is 4.71. The van der Waals surface area contributed by atoms with Gasteiger partial charge in [0, 0.05) is 0 Å². The lowest BCUT2D eigenvalue weighted by molar-refractivity contribution is 0.943. The van der Waals surface area contributed by atoms with Gasteiger partial charge in [0.15, 0.2) is 0 Å². The van der Waals surface area contributed by atoms with Gasteiger partial charge in [-0.15, -0.1) is 46.6 Å². The minimum Gasteiger partial charge on any atom is -0.118 e. The van der Waals surface area contributed by atoms with E-state index in [9.17, 15) is 0 Å². The van der Waals surface area contributed by atoms with Crippen molar-refractivity contribution in [1.29, 1.82) is 0 Å². The van der Waals surface area contributed by atoms with E-state index in [0.717, 1.165) is 0 Å². The van der Waals surface area contributed by atoms with Crippen LogP contribution in [0, 0.1) is 0 Å². The van der Waals surface area contributed by atoms with Crippen LogP contribution >= 0.6 is 46.6 Å². The average molecular weight is 204 g/mol. The lowest BCUT2D eigenvalue weighted by Crippen LogP contribution is -2.23. The molecule has 52 valence electrons. The maximum atomic E-state index is 5.78. The van der Waals surface area contributed by atoms with Gasteiger partial charge in [-0.05, 0) is 5.41 Å². The third-order valence-electron chi connectivity index (χ3n) is 1.03. The molecule has 0 bridgehead atoms. The van der Waals surface area contributed by atoms with Gasteiger partial charge < -0.3 is 0 Å². The third-order valence-corrected chi connectivity index (χ3v) is 3.82. The molecule has 1 rings (SSSR count). The van der Waals surface area contributed by atoms with E-state index < -0.39 is 0 Å². The fourth-order valence-corrected chi connectivity index (χ4v) is 2.31. The largest absolute Gasteiger partial charge is 0.118 e. The minimum absolute atomic E-state index is 0.0841. The van der Waals surface area contributed by atoms with Gasteiger partial charge in [-0.25, -0.2) is 0 Å². The highest BCUT2D eigenvalue weighted by Crippen LogP contribution is 2.33. The predicted molar refractivity (Wildman–Crippen MR) is 45.7 cm³/mol. The normalized spacial score (nSPS) is 43.2. The van der Waals surface area contributed by atoms with Crippen LogP contribution in [0.2, 0.25) is 0 Å². The molecule has 0 aliphatic carbocycles. The molecule has 3 atom stereocenters. The van der Waals surface area contributed by atoms with Crippen molar-refractivity contribution in [3.05, 3.63) is 11.5 Å². The van der Waals surface area contributed by atoms with Crippen molar-refractivity contribution in [1.82, 2.24) is 0 Å². The van der Waals surface area contributed by atoms with Gasteiger partial charge in [-0.3, -0.25) is 0 Å². The van der Waals surface area contributed by atoms with Crippen molar-refractivity contribution >= 4 is 46.6 Å². The van der Waals surface area contributed by atoms with Crippen LogP contribution in [0.15, 0.2) is 11.5 Å². The van der Waals surface area contributed by atoms with E-state index in [0.29, 0.717) is 0 Å². The molecule has 0 radical (unpaired) electrons. The van der Waals surface area contributed by atoms with Gasteiger partial charge in [0.1, 0.15) is 4.71 Å². The second kappa shape index (κ2) is 3.38. The summed E-state index contributed by atoms with van der Waals surface area (Å²) < 4.78 is -0.0841. The highest BCUT2D eigenvalue weighted by molar-refractivity contribution is 8.04. The van der Waals surface area contributed by atoms with Gasteiger partial charge in [0.25, 0.3) is 0 Å². The molecule has 0 fully saturated rings. The lowest BCUT2D eigenvalue weighted by atomic mass is 10.3. The molecule has 0 spiro atoms. The van der Waals surface area contributed by atoms with Gasteiger partial charge >= 0.3 is 0 Å². The maximum absolute atomic E-state index is 5.78. The number of alkyl halides is 3. The van der Waals surface area contributed by atoms with Crippen LogP contribution in [-0.2, 0) is 0 Å². The zero-order valence-electron chi connectivity index (χ0n) is 4.43. The third kappa shape index (κ3) is 1.94. The minimum atomic E-state index is -0.150. The Morgan fingerprint density at radius 1 is 1.22 bits per heavy atom. The van der Waals surface area contributed by atoms with Crippen LogP contribution in [0.5, 0.6) is 0 Å². The molecular formula is C5H5Cl3S. The Balaban J connectivity index is 2.58. The van der Waals surface area contributed by atoms with Gasteiger partial charge in [-0.1, -0.05) is 6.08 Å². The van der Waals surface area contributed by atoms with Crippen molar-refractivity contribution in [2.45, 2.75) is 15.5 Å². The fourth-order valence-electron chi connectivity index (χ4n) is 0.521. The quantitative estimate of drug-likeness (QED) is 0.546. The summed E-state index contributed by atoms with van der Waals surface area (Å²) in [5, 5.41) is 1.62. The van der Waals surface area contributed by atoms with E-state index in [-0.39, 0.29) is 15.5 Å². The molecule has 0 aromatic carbocycles. The second-order valence-corrected chi connectivity index (χ2v) is 4.49. The van der Waals surface area contributed by atoms with E-state index in [4.69, 9.17) is 34.8 Å². The summed E-state index contributed by atoms with van der Waals surface area (Å²) in [4.78, 5) is 0. The summed E-state index contributed by atoms with van der Waals surface area (Å²) in [5.74, 6) is 0. The monoisotopic (exact) mass is 202 g/mol. The molecule has 1 aliphatic rings. The van der Waals surface area contributed by atoms with Crippen molar-refractivity contribution in [3.63, 3.8) is 0 Å². The van der Waals surface area contributed by atoms with Crippen LogP contribution in [-0.4, -0.2) is 15.5 Å². The SMILES string of the molecule is ClC1C=CSC(Cl)C1Cl. The van der Waals surface area contributed by atoms with Crippen LogP contribution in [0.1, 0.15) is 0 Å². The molecule has 4 heteroatoms. The molecule has 9 heavy (non-hydrogen) atoms. The number of halogens is 3. The Kier molecular flexibility index (Phi) is 3.03. The summed E-state index contributed by atoms with van der Waals surface area (Å²) in [5.41, 5.74) is 0. The molecule has 0 amide bonds. The topological polar surface area (TPSA) is 0 Å². The first-order chi connectivity index (χ1) is 4.22. The smallest absolute Gasteiger partial charge is 0.101 e. The summed E-state index contributed by atoms with van der Waals surface area (Å²) in [6.45, 7) is 0. The zero-order chi connectivity index (χ0) is 6.85. The van der Waals surface area contributed by atoms with Gasteiger partial charge in [0.2, 0.25) is 0 Å². The lowest BCUT2D eigenvalue weighted by Gasteiger charge is -2.20. The maximum Gasteiger partial charge on any atom is 0.101 e. The van der Waals surface area contributed by atoms with E-state index in [1.54, 1.807) is 0 Å². The summed E-state index contributed by atoms with van der Waals surface area (Å²) in [6, 6.07) is 0. The predicted octanol–water partition coefficient (Wildman–Crippen LogP) is 3.03. The molecule has 1 heterocycles. The summed E-state index contributed by atoms with van der Waals surface area (Å²) in [7, 11) is 0.